The molecule has 0 amide bonds. The predicted octanol–water partition coefficient (Wildman–Crippen LogP) is 1.32. The molecule has 5 nitrogen and oxygen atoms in total. The highest BCUT2D eigenvalue weighted by Gasteiger charge is 2.00. The molecule has 2 rings (SSSR count). The van der Waals surface area contributed by atoms with Gasteiger partial charge in [0.1, 0.15) is 6.33 Å². The number of anilines is 2. The van der Waals surface area contributed by atoms with E-state index in [9.17, 15) is 5.11 Å². The quantitative estimate of drug-likeness (QED) is 0.743. The molecule has 2 aromatic rings. The van der Waals surface area contributed by atoms with Gasteiger partial charge in [-0.25, -0.2) is 9.97 Å². The molecule has 0 aliphatic carbocycles. The lowest BCUT2D eigenvalue weighted by atomic mass is 10.4. The first-order valence-electron chi connectivity index (χ1n) is 4.02. The number of pyridine rings is 1. The number of hydrogen-bond acceptors (Lipinski definition) is 5. The Hall–Kier alpha value is -2.17. The van der Waals surface area contributed by atoms with Gasteiger partial charge in [0.25, 0.3) is 0 Å². The maximum atomic E-state index is 9.37. The van der Waals surface area contributed by atoms with E-state index in [1.807, 2.05) is 0 Å². The number of rotatable bonds is 2. The SMILES string of the molecule is Oc1cncnc1Nc1ccncc1. The number of hydrogen-bond donors (Lipinski definition) is 2. The maximum absolute atomic E-state index is 9.37. The number of nitrogens with zero attached hydrogens (tertiary/aromatic N) is 3. The summed E-state index contributed by atoms with van der Waals surface area (Å²) in [5.74, 6) is 0.399. The van der Waals surface area contributed by atoms with Gasteiger partial charge >= 0.3 is 0 Å². The third-order valence-electron chi connectivity index (χ3n) is 1.64. The van der Waals surface area contributed by atoms with E-state index in [-0.39, 0.29) is 5.75 Å². The number of aromatic hydroxyl groups is 1. The van der Waals surface area contributed by atoms with E-state index in [0.717, 1.165) is 5.69 Å². The molecule has 2 aromatic heterocycles. The first kappa shape index (κ1) is 8.43. The fourth-order valence-electron chi connectivity index (χ4n) is 0.991. The van der Waals surface area contributed by atoms with Gasteiger partial charge in [0.2, 0.25) is 0 Å². The maximum Gasteiger partial charge on any atom is 0.177 e. The van der Waals surface area contributed by atoms with Crippen LogP contribution in [0.2, 0.25) is 0 Å². The van der Waals surface area contributed by atoms with Crippen LogP contribution < -0.4 is 5.32 Å². The van der Waals surface area contributed by atoms with Crippen LogP contribution in [-0.4, -0.2) is 20.1 Å². The van der Waals surface area contributed by atoms with Crippen LogP contribution in [0, 0.1) is 0 Å². The first-order valence-corrected chi connectivity index (χ1v) is 4.02. The fourth-order valence-corrected chi connectivity index (χ4v) is 0.991. The lowest BCUT2D eigenvalue weighted by molar-refractivity contribution is 0.472. The molecule has 14 heavy (non-hydrogen) atoms. The Bertz CT molecular complexity index is 418. The third-order valence-corrected chi connectivity index (χ3v) is 1.64. The van der Waals surface area contributed by atoms with Gasteiger partial charge in [-0.05, 0) is 12.1 Å². The standard InChI is InChI=1S/C9H8N4O/c14-8-5-11-6-12-9(8)13-7-1-3-10-4-2-7/h1-6,14H,(H,10,11,12,13). The summed E-state index contributed by atoms with van der Waals surface area (Å²) in [5.41, 5.74) is 0.814. The van der Waals surface area contributed by atoms with Crippen molar-refractivity contribution in [1.82, 2.24) is 15.0 Å². The lowest BCUT2D eigenvalue weighted by Gasteiger charge is -2.05. The summed E-state index contributed by atoms with van der Waals surface area (Å²) in [7, 11) is 0. The number of nitrogens with one attached hydrogen (secondary N) is 1. The molecule has 0 fully saturated rings. The first-order chi connectivity index (χ1) is 6.86. The van der Waals surface area contributed by atoms with E-state index >= 15 is 0 Å². The molecule has 2 heterocycles. The normalized spacial score (nSPS) is 9.71. The van der Waals surface area contributed by atoms with Crippen molar-refractivity contribution in [2.45, 2.75) is 0 Å². The summed E-state index contributed by atoms with van der Waals surface area (Å²) >= 11 is 0. The average Bonchev–Trinajstić information content (AvgIpc) is 2.23. The second-order valence-corrected chi connectivity index (χ2v) is 2.62. The molecular weight excluding hydrogens is 180 g/mol. The smallest absolute Gasteiger partial charge is 0.177 e. The summed E-state index contributed by atoms with van der Waals surface area (Å²) < 4.78 is 0. The second kappa shape index (κ2) is 3.69. The van der Waals surface area contributed by atoms with Crippen LogP contribution in [0.3, 0.4) is 0 Å². The van der Waals surface area contributed by atoms with Crippen molar-refractivity contribution >= 4 is 11.5 Å². The van der Waals surface area contributed by atoms with Gasteiger partial charge in [0.15, 0.2) is 11.6 Å². The number of aromatic nitrogens is 3. The lowest BCUT2D eigenvalue weighted by Crippen LogP contribution is -1.94. The van der Waals surface area contributed by atoms with Crippen molar-refractivity contribution in [3.63, 3.8) is 0 Å². The predicted molar refractivity (Wildman–Crippen MR) is 51.2 cm³/mol. The topological polar surface area (TPSA) is 70.9 Å². The van der Waals surface area contributed by atoms with Crippen molar-refractivity contribution in [2.75, 3.05) is 5.32 Å². The molecule has 0 aliphatic rings. The Balaban J connectivity index is 2.24. The summed E-state index contributed by atoms with van der Waals surface area (Å²) in [6.45, 7) is 0. The molecular formula is C9H8N4O. The zero-order valence-electron chi connectivity index (χ0n) is 7.25. The van der Waals surface area contributed by atoms with Crippen LogP contribution in [-0.2, 0) is 0 Å². The van der Waals surface area contributed by atoms with Crippen molar-refractivity contribution in [3.05, 3.63) is 37.1 Å². The van der Waals surface area contributed by atoms with Crippen LogP contribution in [0.1, 0.15) is 0 Å². The van der Waals surface area contributed by atoms with Crippen molar-refractivity contribution < 1.29 is 5.11 Å². The molecule has 0 aromatic carbocycles. The van der Waals surface area contributed by atoms with Gasteiger partial charge in [0.05, 0.1) is 6.20 Å². The van der Waals surface area contributed by atoms with Gasteiger partial charge in [0, 0.05) is 18.1 Å². The molecule has 0 radical (unpaired) electrons. The summed E-state index contributed by atoms with van der Waals surface area (Å²) in [6, 6.07) is 3.56. The van der Waals surface area contributed by atoms with E-state index < -0.39 is 0 Å². The zero-order valence-corrected chi connectivity index (χ0v) is 7.25. The van der Waals surface area contributed by atoms with Crippen LogP contribution in [0.5, 0.6) is 5.75 Å². The highest BCUT2D eigenvalue weighted by molar-refractivity contribution is 5.60. The summed E-state index contributed by atoms with van der Waals surface area (Å²) in [5, 5.41) is 12.3. The molecule has 0 atom stereocenters. The fraction of sp³-hybridized carbons (Fsp3) is 0. The minimum Gasteiger partial charge on any atom is -0.503 e. The minimum absolute atomic E-state index is 0.0179. The largest absolute Gasteiger partial charge is 0.503 e. The Labute approximate surface area is 80.5 Å². The third kappa shape index (κ3) is 1.77. The second-order valence-electron chi connectivity index (χ2n) is 2.62. The Morgan fingerprint density at radius 3 is 2.64 bits per heavy atom. The highest BCUT2D eigenvalue weighted by Crippen LogP contribution is 2.21. The Kier molecular flexibility index (Phi) is 2.22. The van der Waals surface area contributed by atoms with E-state index in [4.69, 9.17) is 0 Å². The highest BCUT2D eigenvalue weighted by atomic mass is 16.3. The van der Waals surface area contributed by atoms with Crippen molar-refractivity contribution in [3.8, 4) is 5.75 Å². The zero-order chi connectivity index (χ0) is 9.80. The monoisotopic (exact) mass is 188 g/mol. The van der Waals surface area contributed by atoms with E-state index in [1.165, 1.54) is 12.5 Å². The average molecular weight is 188 g/mol. The van der Waals surface area contributed by atoms with E-state index in [1.54, 1.807) is 24.5 Å². The minimum atomic E-state index is 0.0179. The molecule has 0 saturated heterocycles. The molecule has 0 unspecified atom stereocenters. The van der Waals surface area contributed by atoms with Crippen LogP contribution in [0.15, 0.2) is 37.1 Å². The molecule has 0 saturated carbocycles. The van der Waals surface area contributed by atoms with Crippen LogP contribution >= 0.6 is 0 Å². The van der Waals surface area contributed by atoms with Crippen LogP contribution in [0.4, 0.5) is 11.5 Å². The Morgan fingerprint density at radius 2 is 1.93 bits per heavy atom. The van der Waals surface area contributed by atoms with Gasteiger partial charge < -0.3 is 10.4 Å². The van der Waals surface area contributed by atoms with Gasteiger partial charge in [-0.2, -0.15) is 0 Å². The van der Waals surface area contributed by atoms with Crippen molar-refractivity contribution in [2.24, 2.45) is 0 Å². The van der Waals surface area contributed by atoms with Gasteiger partial charge in [-0.15, -0.1) is 0 Å². The molecule has 5 heteroatoms. The summed E-state index contributed by atoms with van der Waals surface area (Å²) in [4.78, 5) is 11.4. The van der Waals surface area contributed by atoms with Crippen molar-refractivity contribution in [1.29, 1.82) is 0 Å². The van der Waals surface area contributed by atoms with E-state index in [2.05, 4.69) is 20.3 Å². The van der Waals surface area contributed by atoms with Crippen LogP contribution in [0.25, 0.3) is 0 Å². The van der Waals surface area contributed by atoms with E-state index in [0.29, 0.717) is 5.82 Å². The molecule has 0 aliphatic heterocycles. The molecule has 0 spiro atoms. The van der Waals surface area contributed by atoms with Gasteiger partial charge in [-0.1, -0.05) is 0 Å². The molecule has 0 bridgehead atoms. The summed E-state index contributed by atoms with van der Waals surface area (Å²) in [6.07, 6.45) is 6.00. The molecule has 2 N–H and O–H groups in total. The van der Waals surface area contributed by atoms with Gasteiger partial charge in [-0.3, -0.25) is 4.98 Å². The Morgan fingerprint density at radius 1 is 1.14 bits per heavy atom. The molecule has 70 valence electrons.